The number of methoxy groups -OCH3 is 2. The fourth-order valence-electron chi connectivity index (χ4n) is 1.69. The quantitative estimate of drug-likeness (QED) is 0.921. The number of thiophene rings is 1. The zero-order valence-corrected chi connectivity index (χ0v) is 10.8. The van der Waals surface area contributed by atoms with Crippen molar-refractivity contribution in [3.8, 4) is 22.6 Å². The summed E-state index contributed by atoms with van der Waals surface area (Å²) in [4.78, 5) is 11.1. The summed E-state index contributed by atoms with van der Waals surface area (Å²) < 4.78 is 10.4. The highest BCUT2D eigenvalue weighted by molar-refractivity contribution is 7.08. The van der Waals surface area contributed by atoms with E-state index >= 15 is 0 Å². The topological polar surface area (TPSA) is 55.8 Å². The van der Waals surface area contributed by atoms with Crippen molar-refractivity contribution in [2.24, 2.45) is 0 Å². The SMILES string of the molecule is COc1ccc(-c2cscc2C(=O)O)cc1OC. The molecule has 1 aromatic heterocycles. The van der Waals surface area contributed by atoms with Gasteiger partial charge in [-0.1, -0.05) is 6.07 Å². The van der Waals surface area contributed by atoms with Gasteiger partial charge in [0.1, 0.15) is 0 Å². The van der Waals surface area contributed by atoms with Crippen molar-refractivity contribution in [3.63, 3.8) is 0 Å². The Morgan fingerprint density at radius 1 is 1.17 bits per heavy atom. The first kappa shape index (κ1) is 12.4. The van der Waals surface area contributed by atoms with E-state index in [0.29, 0.717) is 22.6 Å². The fourth-order valence-corrected chi connectivity index (χ4v) is 2.52. The van der Waals surface area contributed by atoms with Gasteiger partial charge in [0.05, 0.1) is 19.8 Å². The van der Waals surface area contributed by atoms with Crippen molar-refractivity contribution in [2.45, 2.75) is 0 Å². The van der Waals surface area contributed by atoms with Gasteiger partial charge in [0.25, 0.3) is 0 Å². The molecule has 0 unspecified atom stereocenters. The van der Waals surface area contributed by atoms with Crippen LogP contribution in [0, 0.1) is 0 Å². The fraction of sp³-hybridized carbons (Fsp3) is 0.154. The number of hydrogen-bond acceptors (Lipinski definition) is 4. The van der Waals surface area contributed by atoms with Crippen LogP contribution in [0.2, 0.25) is 0 Å². The molecule has 2 rings (SSSR count). The summed E-state index contributed by atoms with van der Waals surface area (Å²) in [6.45, 7) is 0. The molecule has 5 heteroatoms. The van der Waals surface area contributed by atoms with Crippen LogP contribution in [-0.2, 0) is 0 Å². The molecule has 2 aromatic rings. The molecular formula is C13H12O4S. The van der Waals surface area contributed by atoms with Crippen LogP contribution in [0.15, 0.2) is 29.0 Å². The largest absolute Gasteiger partial charge is 0.493 e. The first-order valence-corrected chi connectivity index (χ1v) is 6.13. The minimum Gasteiger partial charge on any atom is -0.493 e. The van der Waals surface area contributed by atoms with E-state index in [0.717, 1.165) is 5.56 Å². The molecule has 0 fully saturated rings. The predicted molar refractivity (Wildman–Crippen MR) is 69.8 cm³/mol. The molecule has 0 saturated heterocycles. The van der Waals surface area contributed by atoms with Gasteiger partial charge in [-0.15, -0.1) is 0 Å². The van der Waals surface area contributed by atoms with E-state index in [4.69, 9.17) is 14.6 Å². The monoisotopic (exact) mass is 264 g/mol. The van der Waals surface area contributed by atoms with Gasteiger partial charge in [-0.05, 0) is 23.1 Å². The van der Waals surface area contributed by atoms with Crippen molar-refractivity contribution in [1.29, 1.82) is 0 Å². The molecule has 0 bridgehead atoms. The molecule has 0 atom stereocenters. The Kier molecular flexibility index (Phi) is 3.53. The molecule has 0 amide bonds. The Balaban J connectivity index is 2.51. The Labute approximate surface area is 108 Å². The van der Waals surface area contributed by atoms with Crippen molar-refractivity contribution in [1.82, 2.24) is 0 Å². The van der Waals surface area contributed by atoms with E-state index in [-0.39, 0.29) is 0 Å². The molecule has 1 aromatic carbocycles. The van der Waals surface area contributed by atoms with Crippen LogP contribution in [0.3, 0.4) is 0 Å². The molecule has 94 valence electrons. The molecule has 0 aliphatic heterocycles. The lowest BCUT2D eigenvalue weighted by atomic mass is 10.0. The number of hydrogen-bond donors (Lipinski definition) is 1. The number of ether oxygens (including phenoxy) is 2. The summed E-state index contributed by atoms with van der Waals surface area (Å²) in [7, 11) is 3.11. The summed E-state index contributed by atoms with van der Waals surface area (Å²) in [6, 6.07) is 5.35. The average molecular weight is 264 g/mol. The predicted octanol–water partition coefficient (Wildman–Crippen LogP) is 3.13. The number of benzene rings is 1. The number of carboxylic acids is 1. The second-order valence-electron chi connectivity index (χ2n) is 3.57. The summed E-state index contributed by atoms with van der Waals surface area (Å²) in [5.41, 5.74) is 1.78. The van der Waals surface area contributed by atoms with Crippen LogP contribution < -0.4 is 9.47 Å². The molecule has 0 spiro atoms. The molecular weight excluding hydrogens is 252 g/mol. The van der Waals surface area contributed by atoms with E-state index in [1.165, 1.54) is 11.3 Å². The maximum absolute atomic E-state index is 11.1. The van der Waals surface area contributed by atoms with Gasteiger partial charge in [-0.3, -0.25) is 0 Å². The number of rotatable bonds is 4. The standard InChI is InChI=1S/C13H12O4S/c1-16-11-4-3-8(5-12(11)17-2)9-6-18-7-10(9)13(14)15/h3-7H,1-2H3,(H,14,15). The van der Waals surface area contributed by atoms with E-state index < -0.39 is 5.97 Å². The van der Waals surface area contributed by atoms with E-state index in [1.54, 1.807) is 31.7 Å². The lowest BCUT2D eigenvalue weighted by Crippen LogP contribution is -1.96. The van der Waals surface area contributed by atoms with Gasteiger partial charge < -0.3 is 14.6 Å². The van der Waals surface area contributed by atoms with Gasteiger partial charge >= 0.3 is 5.97 Å². The zero-order valence-electron chi connectivity index (χ0n) is 9.97. The van der Waals surface area contributed by atoms with E-state index in [1.807, 2.05) is 11.4 Å². The molecule has 0 aliphatic rings. The lowest BCUT2D eigenvalue weighted by molar-refractivity contribution is 0.0698. The van der Waals surface area contributed by atoms with Gasteiger partial charge in [0.15, 0.2) is 11.5 Å². The molecule has 1 heterocycles. The lowest BCUT2D eigenvalue weighted by Gasteiger charge is -2.09. The van der Waals surface area contributed by atoms with Crippen LogP contribution in [0.4, 0.5) is 0 Å². The highest BCUT2D eigenvalue weighted by Crippen LogP contribution is 2.34. The summed E-state index contributed by atoms with van der Waals surface area (Å²) in [5, 5.41) is 12.5. The van der Waals surface area contributed by atoms with Crippen molar-refractivity contribution < 1.29 is 19.4 Å². The molecule has 0 radical (unpaired) electrons. The van der Waals surface area contributed by atoms with Crippen LogP contribution in [0.25, 0.3) is 11.1 Å². The minimum atomic E-state index is -0.930. The maximum atomic E-state index is 11.1. The molecule has 0 aliphatic carbocycles. The third-order valence-electron chi connectivity index (χ3n) is 2.59. The van der Waals surface area contributed by atoms with Crippen LogP contribution in [0.1, 0.15) is 10.4 Å². The van der Waals surface area contributed by atoms with Crippen molar-refractivity contribution in [2.75, 3.05) is 14.2 Å². The minimum absolute atomic E-state index is 0.298. The van der Waals surface area contributed by atoms with E-state index in [2.05, 4.69) is 0 Å². The highest BCUT2D eigenvalue weighted by Gasteiger charge is 2.14. The third-order valence-corrected chi connectivity index (χ3v) is 3.33. The summed E-state index contributed by atoms with van der Waals surface area (Å²) in [5.74, 6) is 0.270. The van der Waals surface area contributed by atoms with Gasteiger partial charge in [-0.25, -0.2) is 4.79 Å². The maximum Gasteiger partial charge on any atom is 0.337 e. The van der Waals surface area contributed by atoms with Gasteiger partial charge in [0.2, 0.25) is 0 Å². The number of carbonyl (C=O) groups is 1. The van der Waals surface area contributed by atoms with Crippen LogP contribution >= 0.6 is 11.3 Å². The smallest absolute Gasteiger partial charge is 0.337 e. The van der Waals surface area contributed by atoms with Crippen molar-refractivity contribution in [3.05, 3.63) is 34.5 Å². The normalized spacial score (nSPS) is 10.1. The van der Waals surface area contributed by atoms with Gasteiger partial charge in [0, 0.05) is 10.9 Å². The second-order valence-corrected chi connectivity index (χ2v) is 4.32. The van der Waals surface area contributed by atoms with E-state index in [9.17, 15) is 4.79 Å². The first-order chi connectivity index (χ1) is 8.67. The second kappa shape index (κ2) is 5.10. The summed E-state index contributed by atoms with van der Waals surface area (Å²) >= 11 is 1.36. The molecule has 18 heavy (non-hydrogen) atoms. The molecule has 1 N–H and O–H groups in total. The average Bonchev–Trinajstić information content (AvgIpc) is 2.87. The highest BCUT2D eigenvalue weighted by atomic mass is 32.1. The third kappa shape index (κ3) is 2.17. The first-order valence-electron chi connectivity index (χ1n) is 5.19. The summed E-state index contributed by atoms with van der Waals surface area (Å²) in [6.07, 6.45) is 0. The van der Waals surface area contributed by atoms with Gasteiger partial charge in [-0.2, -0.15) is 11.3 Å². The molecule has 0 saturated carbocycles. The van der Waals surface area contributed by atoms with Crippen LogP contribution in [0.5, 0.6) is 11.5 Å². The molecule has 4 nitrogen and oxygen atoms in total. The van der Waals surface area contributed by atoms with Crippen molar-refractivity contribution >= 4 is 17.3 Å². The Morgan fingerprint density at radius 3 is 2.50 bits per heavy atom. The number of aromatic carboxylic acids is 1. The zero-order chi connectivity index (χ0) is 13.1. The Morgan fingerprint density at radius 2 is 1.89 bits per heavy atom. The Bertz CT molecular complexity index is 574. The Hall–Kier alpha value is -2.01. The van der Waals surface area contributed by atoms with Crippen LogP contribution in [-0.4, -0.2) is 25.3 Å². The number of carboxylic acid groups (broad SMARTS) is 1.